The lowest BCUT2D eigenvalue weighted by atomic mass is 10.1. The molecule has 0 bridgehead atoms. The summed E-state index contributed by atoms with van der Waals surface area (Å²) in [5, 5.41) is 0. The minimum absolute atomic E-state index is 0.271. The van der Waals surface area contributed by atoms with E-state index in [1.807, 2.05) is 12.1 Å². The van der Waals surface area contributed by atoms with E-state index in [1.54, 1.807) is 12.1 Å². The Kier molecular flexibility index (Phi) is 7.51. The van der Waals surface area contributed by atoms with Gasteiger partial charge < -0.3 is 4.74 Å². The minimum atomic E-state index is -3.52. The molecule has 0 spiro atoms. The Hall–Kier alpha value is -0.620. The van der Waals surface area contributed by atoms with Crippen LogP contribution in [-0.4, -0.2) is 34.1 Å². The number of methoxy groups -OCH3 is 1. The summed E-state index contributed by atoms with van der Waals surface area (Å²) in [7, 11) is -1.99. The van der Waals surface area contributed by atoms with Crippen LogP contribution in [0, 0.1) is 0 Å². The van der Waals surface area contributed by atoms with Gasteiger partial charge >= 0.3 is 0 Å². The molecule has 0 aliphatic rings. The van der Waals surface area contributed by atoms with E-state index < -0.39 is 10.0 Å². The van der Waals surface area contributed by atoms with Gasteiger partial charge in [0.05, 0.1) is 11.5 Å². The monoisotopic (exact) mass is 319 g/mol. The van der Waals surface area contributed by atoms with Crippen molar-refractivity contribution in [3.05, 3.63) is 29.8 Å². The van der Waals surface area contributed by atoms with Crippen LogP contribution in [0.3, 0.4) is 0 Å². The maximum absolute atomic E-state index is 12.3. The van der Waals surface area contributed by atoms with Gasteiger partial charge in [-0.25, -0.2) is 13.1 Å². The Labute approximate surface area is 126 Å². The second kappa shape index (κ2) is 8.62. The molecule has 0 aliphatic heterocycles. The van der Waals surface area contributed by atoms with Crippen LogP contribution in [0.1, 0.15) is 25.3 Å². The second-order valence-electron chi connectivity index (χ2n) is 4.65. The van der Waals surface area contributed by atoms with E-state index in [4.69, 9.17) is 16.3 Å². The fourth-order valence-electron chi connectivity index (χ4n) is 1.92. The topological polar surface area (TPSA) is 55.4 Å². The van der Waals surface area contributed by atoms with Gasteiger partial charge in [-0.1, -0.05) is 25.5 Å². The fraction of sp³-hybridized carbons (Fsp3) is 0.571. The molecule has 0 heterocycles. The minimum Gasteiger partial charge on any atom is -0.383 e. The van der Waals surface area contributed by atoms with Gasteiger partial charge in [0, 0.05) is 19.0 Å². The number of rotatable bonds is 9. The van der Waals surface area contributed by atoms with E-state index in [-0.39, 0.29) is 10.9 Å². The number of ether oxygens (including phenoxy) is 1. The van der Waals surface area contributed by atoms with Gasteiger partial charge in [0.1, 0.15) is 0 Å². The summed E-state index contributed by atoms with van der Waals surface area (Å²) >= 11 is 5.67. The molecule has 0 fully saturated rings. The van der Waals surface area contributed by atoms with Crippen molar-refractivity contribution in [3.63, 3.8) is 0 Å². The molecule has 0 saturated carbocycles. The normalized spacial score (nSPS) is 13.3. The Morgan fingerprint density at radius 2 is 1.95 bits per heavy atom. The SMILES string of the molecule is CCCc1ccc(S(=O)(=O)NC(CCCl)COC)cc1. The smallest absolute Gasteiger partial charge is 0.240 e. The predicted molar refractivity (Wildman–Crippen MR) is 81.8 cm³/mol. The molecule has 1 atom stereocenters. The zero-order chi connectivity index (χ0) is 15.0. The van der Waals surface area contributed by atoms with E-state index >= 15 is 0 Å². The summed E-state index contributed by atoms with van der Waals surface area (Å²) in [5.41, 5.74) is 1.14. The van der Waals surface area contributed by atoms with Crippen molar-refractivity contribution >= 4 is 21.6 Å². The third-order valence-corrected chi connectivity index (χ3v) is 4.67. The van der Waals surface area contributed by atoms with Crippen molar-refractivity contribution in [2.45, 2.75) is 37.1 Å². The van der Waals surface area contributed by atoms with Crippen molar-refractivity contribution in [1.29, 1.82) is 0 Å². The first-order valence-corrected chi connectivity index (χ1v) is 8.71. The lowest BCUT2D eigenvalue weighted by Gasteiger charge is -2.17. The van der Waals surface area contributed by atoms with Gasteiger partial charge in [0.2, 0.25) is 10.0 Å². The molecule has 0 saturated heterocycles. The summed E-state index contributed by atoms with van der Waals surface area (Å²) < 4.78 is 32.1. The third kappa shape index (κ3) is 5.40. The van der Waals surface area contributed by atoms with Gasteiger partial charge in [-0.15, -0.1) is 11.6 Å². The average Bonchev–Trinajstić information content (AvgIpc) is 2.40. The molecule has 1 N–H and O–H groups in total. The number of hydrogen-bond acceptors (Lipinski definition) is 3. The number of alkyl halides is 1. The Balaban J connectivity index is 2.80. The van der Waals surface area contributed by atoms with Crippen LogP contribution < -0.4 is 4.72 Å². The van der Waals surface area contributed by atoms with E-state index in [9.17, 15) is 8.42 Å². The quantitative estimate of drug-likeness (QED) is 0.712. The number of benzene rings is 1. The molecule has 1 aromatic carbocycles. The lowest BCUT2D eigenvalue weighted by Crippen LogP contribution is -2.38. The Morgan fingerprint density at radius 1 is 1.30 bits per heavy atom. The molecule has 1 unspecified atom stereocenters. The number of hydrogen-bond donors (Lipinski definition) is 1. The molecule has 1 rings (SSSR count). The van der Waals surface area contributed by atoms with Crippen molar-refractivity contribution < 1.29 is 13.2 Å². The summed E-state index contributed by atoms with van der Waals surface area (Å²) in [6.45, 7) is 2.40. The first-order chi connectivity index (χ1) is 9.53. The van der Waals surface area contributed by atoms with Crippen LogP contribution in [0.5, 0.6) is 0 Å². The molecule has 1 aromatic rings. The first kappa shape index (κ1) is 17.4. The number of aryl methyl sites for hydroxylation is 1. The summed E-state index contributed by atoms with van der Waals surface area (Å²) in [4.78, 5) is 0.271. The fourth-order valence-corrected chi connectivity index (χ4v) is 3.44. The van der Waals surface area contributed by atoms with Gasteiger partial charge in [-0.05, 0) is 30.5 Å². The van der Waals surface area contributed by atoms with Gasteiger partial charge in [0.25, 0.3) is 0 Å². The molecular weight excluding hydrogens is 298 g/mol. The van der Waals surface area contributed by atoms with E-state index in [0.717, 1.165) is 18.4 Å². The number of sulfonamides is 1. The summed E-state index contributed by atoms with van der Waals surface area (Å²) in [6.07, 6.45) is 2.52. The molecule has 0 radical (unpaired) electrons. The van der Waals surface area contributed by atoms with Crippen molar-refractivity contribution in [2.75, 3.05) is 19.6 Å². The van der Waals surface area contributed by atoms with Crippen LogP contribution in [0.15, 0.2) is 29.2 Å². The van der Waals surface area contributed by atoms with E-state index in [0.29, 0.717) is 18.9 Å². The molecule has 20 heavy (non-hydrogen) atoms. The highest BCUT2D eigenvalue weighted by atomic mass is 35.5. The second-order valence-corrected chi connectivity index (χ2v) is 6.74. The highest BCUT2D eigenvalue weighted by Crippen LogP contribution is 2.13. The molecule has 0 aliphatic carbocycles. The highest BCUT2D eigenvalue weighted by Gasteiger charge is 2.19. The highest BCUT2D eigenvalue weighted by molar-refractivity contribution is 7.89. The first-order valence-electron chi connectivity index (χ1n) is 6.69. The van der Waals surface area contributed by atoms with Gasteiger partial charge in [-0.2, -0.15) is 0 Å². The van der Waals surface area contributed by atoms with Crippen LogP contribution in [0.2, 0.25) is 0 Å². The molecule has 114 valence electrons. The Bertz CT molecular complexity index is 482. The molecule has 6 heteroatoms. The largest absolute Gasteiger partial charge is 0.383 e. The number of nitrogens with one attached hydrogen (secondary N) is 1. The zero-order valence-corrected chi connectivity index (χ0v) is 13.5. The zero-order valence-electron chi connectivity index (χ0n) is 11.9. The number of halogens is 1. The standard InChI is InChI=1S/C14H22ClNO3S/c1-3-4-12-5-7-14(8-6-12)20(17,18)16-13(9-10-15)11-19-2/h5-8,13,16H,3-4,9-11H2,1-2H3. The third-order valence-electron chi connectivity index (χ3n) is 2.92. The lowest BCUT2D eigenvalue weighted by molar-refractivity contribution is 0.173. The maximum atomic E-state index is 12.3. The maximum Gasteiger partial charge on any atom is 0.240 e. The van der Waals surface area contributed by atoms with Gasteiger partial charge in [0.15, 0.2) is 0 Å². The predicted octanol–water partition coefficient (Wildman–Crippen LogP) is 2.56. The summed E-state index contributed by atoms with van der Waals surface area (Å²) in [6, 6.07) is 6.67. The molecule has 0 amide bonds. The molecule has 4 nitrogen and oxygen atoms in total. The van der Waals surface area contributed by atoms with Crippen LogP contribution in [0.4, 0.5) is 0 Å². The van der Waals surface area contributed by atoms with Crippen LogP contribution in [-0.2, 0) is 21.2 Å². The van der Waals surface area contributed by atoms with Gasteiger partial charge in [-0.3, -0.25) is 0 Å². The molecule has 0 aromatic heterocycles. The Morgan fingerprint density at radius 3 is 2.45 bits per heavy atom. The van der Waals surface area contributed by atoms with E-state index in [1.165, 1.54) is 7.11 Å². The molecular formula is C14H22ClNO3S. The van der Waals surface area contributed by atoms with Crippen molar-refractivity contribution in [3.8, 4) is 0 Å². The van der Waals surface area contributed by atoms with Crippen LogP contribution in [0.25, 0.3) is 0 Å². The van der Waals surface area contributed by atoms with E-state index in [2.05, 4.69) is 11.6 Å². The van der Waals surface area contributed by atoms with Crippen LogP contribution >= 0.6 is 11.6 Å². The van der Waals surface area contributed by atoms with Crippen molar-refractivity contribution in [2.24, 2.45) is 0 Å². The van der Waals surface area contributed by atoms with Crippen molar-refractivity contribution in [1.82, 2.24) is 4.72 Å². The average molecular weight is 320 g/mol. The summed E-state index contributed by atoms with van der Waals surface area (Å²) in [5.74, 6) is 0.381.